The molecule has 0 aromatic heterocycles. The summed E-state index contributed by atoms with van der Waals surface area (Å²) >= 11 is 0. The Bertz CT molecular complexity index is 642. The van der Waals surface area contributed by atoms with Crippen LogP contribution in [0.5, 0.6) is 0 Å². The van der Waals surface area contributed by atoms with Gasteiger partial charge in [-0.3, -0.25) is 4.79 Å². The number of nitrogens with zero attached hydrogens (tertiary/aromatic N) is 1. The Kier molecular flexibility index (Phi) is 4.54. The maximum absolute atomic E-state index is 14.2. The van der Waals surface area contributed by atoms with Crippen LogP contribution < -0.4 is 5.32 Å². The van der Waals surface area contributed by atoms with E-state index in [1.165, 1.54) is 18.9 Å². The Morgan fingerprint density at radius 2 is 2.04 bits per heavy atom. The molecule has 3 aliphatic rings. The SMILES string of the molecule is O=C(N[C@@H]1CN(CCCO)C[C@H]1C1CC1)C1(c2ccccc2F)CC1. The monoisotopic (exact) mass is 346 g/mol. The van der Waals surface area contributed by atoms with E-state index in [1.807, 2.05) is 6.07 Å². The molecule has 1 aromatic rings. The Balaban J connectivity index is 1.45. The maximum Gasteiger partial charge on any atom is 0.231 e. The lowest BCUT2D eigenvalue weighted by Gasteiger charge is -2.24. The molecule has 5 heteroatoms. The molecule has 1 heterocycles. The van der Waals surface area contributed by atoms with Crippen molar-refractivity contribution >= 4 is 5.91 Å². The Hall–Kier alpha value is -1.46. The molecule has 1 amide bonds. The van der Waals surface area contributed by atoms with Crippen LogP contribution in [-0.2, 0) is 10.2 Å². The van der Waals surface area contributed by atoms with Crippen molar-refractivity contribution in [1.82, 2.24) is 10.2 Å². The van der Waals surface area contributed by atoms with Gasteiger partial charge in [-0.15, -0.1) is 0 Å². The van der Waals surface area contributed by atoms with Crippen LogP contribution in [0, 0.1) is 17.7 Å². The minimum Gasteiger partial charge on any atom is -0.396 e. The van der Waals surface area contributed by atoms with Crippen LogP contribution in [0.25, 0.3) is 0 Å². The average molecular weight is 346 g/mol. The van der Waals surface area contributed by atoms with Gasteiger partial charge in [-0.2, -0.15) is 0 Å². The molecule has 1 aliphatic heterocycles. The van der Waals surface area contributed by atoms with E-state index in [9.17, 15) is 9.18 Å². The molecule has 0 bridgehead atoms. The molecule has 1 saturated heterocycles. The number of aliphatic hydroxyl groups excluding tert-OH is 1. The number of carbonyl (C=O) groups excluding carboxylic acids is 1. The summed E-state index contributed by atoms with van der Waals surface area (Å²) in [5.74, 6) is 0.939. The summed E-state index contributed by atoms with van der Waals surface area (Å²) in [7, 11) is 0. The first-order valence-corrected chi connectivity index (χ1v) is 9.53. The molecule has 2 saturated carbocycles. The van der Waals surface area contributed by atoms with Gasteiger partial charge in [0.25, 0.3) is 0 Å². The van der Waals surface area contributed by atoms with E-state index in [0.717, 1.165) is 38.9 Å². The fourth-order valence-electron chi connectivity index (χ4n) is 4.44. The summed E-state index contributed by atoms with van der Waals surface area (Å²) in [6.45, 7) is 2.94. The van der Waals surface area contributed by atoms with E-state index in [1.54, 1.807) is 12.1 Å². The van der Waals surface area contributed by atoms with E-state index < -0.39 is 5.41 Å². The molecule has 0 spiro atoms. The van der Waals surface area contributed by atoms with Gasteiger partial charge in [0.15, 0.2) is 0 Å². The largest absolute Gasteiger partial charge is 0.396 e. The van der Waals surface area contributed by atoms with Gasteiger partial charge in [-0.25, -0.2) is 4.39 Å². The van der Waals surface area contributed by atoms with E-state index in [-0.39, 0.29) is 24.4 Å². The number of hydrogen-bond acceptors (Lipinski definition) is 3. The van der Waals surface area contributed by atoms with E-state index >= 15 is 0 Å². The molecule has 0 radical (unpaired) electrons. The van der Waals surface area contributed by atoms with Gasteiger partial charge in [-0.1, -0.05) is 18.2 Å². The number of amides is 1. The van der Waals surface area contributed by atoms with Crippen molar-refractivity contribution in [1.29, 1.82) is 0 Å². The average Bonchev–Trinajstić information content (AvgIpc) is 3.52. The first kappa shape index (κ1) is 17.0. The number of nitrogens with one attached hydrogen (secondary N) is 1. The van der Waals surface area contributed by atoms with Crippen LogP contribution in [0.2, 0.25) is 0 Å². The summed E-state index contributed by atoms with van der Waals surface area (Å²) in [5, 5.41) is 12.3. The number of aliphatic hydroxyl groups is 1. The number of carbonyl (C=O) groups is 1. The van der Waals surface area contributed by atoms with E-state index in [0.29, 0.717) is 17.4 Å². The predicted molar refractivity (Wildman–Crippen MR) is 93.6 cm³/mol. The summed E-state index contributed by atoms with van der Waals surface area (Å²) in [6.07, 6.45) is 4.74. The normalized spacial score (nSPS) is 28.1. The highest BCUT2D eigenvalue weighted by Gasteiger charge is 2.54. The van der Waals surface area contributed by atoms with Crippen LogP contribution in [-0.4, -0.2) is 48.2 Å². The van der Waals surface area contributed by atoms with Crippen LogP contribution in [0.3, 0.4) is 0 Å². The zero-order chi connectivity index (χ0) is 17.4. The standard InChI is InChI=1S/C20H27FN2O2/c21-17-5-2-1-4-16(17)20(8-9-20)19(25)22-18-13-23(10-3-11-24)12-15(18)14-6-7-14/h1-2,4-5,14-15,18,24H,3,6-13H2,(H,22,25)/t15-,18+/m0/s1. The molecule has 2 N–H and O–H groups in total. The smallest absolute Gasteiger partial charge is 0.231 e. The molecule has 136 valence electrons. The van der Waals surface area contributed by atoms with Crippen molar-refractivity contribution in [3.05, 3.63) is 35.6 Å². The number of likely N-dealkylation sites (tertiary alicyclic amines) is 1. The van der Waals surface area contributed by atoms with Gasteiger partial charge in [-0.05, 0) is 50.0 Å². The van der Waals surface area contributed by atoms with Crippen molar-refractivity contribution in [2.75, 3.05) is 26.2 Å². The molecular formula is C20H27FN2O2. The Labute approximate surface area is 148 Å². The predicted octanol–water partition coefficient (Wildman–Crippen LogP) is 2.07. The van der Waals surface area contributed by atoms with E-state index in [2.05, 4.69) is 10.2 Å². The van der Waals surface area contributed by atoms with Gasteiger partial charge in [0.1, 0.15) is 5.82 Å². The van der Waals surface area contributed by atoms with Crippen LogP contribution in [0.15, 0.2) is 24.3 Å². The summed E-state index contributed by atoms with van der Waals surface area (Å²) < 4.78 is 14.2. The number of halogens is 1. The number of hydrogen-bond donors (Lipinski definition) is 2. The van der Waals surface area contributed by atoms with Crippen molar-refractivity contribution < 1.29 is 14.3 Å². The van der Waals surface area contributed by atoms with Gasteiger partial charge < -0.3 is 15.3 Å². The Morgan fingerprint density at radius 3 is 2.68 bits per heavy atom. The van der Waals surface area contributed by atoms with Crippen molar-refractivity contribution in [2.24, 2.45) is 11.8 Å². The zero-order valence-electron chi connectivity index (χ0n) is 14.6. The lowest BCUT2D eigenvalue weighted by atomic mass is 9.92. The third kappa shape index (κ3) is 3.32. The van der Waals surface area contributed by atoms with Crippen LogP contribution >= 0.6 is 0 Å². The minimum absolute atomic E-state index is 0.00254. The first-order valence-electron chi connectivity index (χ1n) is 9.53. The zero-order valence-corrected chi connectivity index (χ0v) is 14.6. The molecule has 4 rings (SSSR count). The van der Waals surface area contributed by atoms with Gasteiger partial charge in [0, 0.05) is 37.8 Å². The van der Waals surface area contributed by atoms with E-state index in [4.69, 9.17) is 5.11 Å². The summed E-state index contributed by atoms with van der Waals surface area (Å²) in [4.78, 5) is 15.4. The highest BCUT2D eigenvalue weighted by molar-refractivity contribution is 5.91. The van der Waals surface area contributed by atoms with Crippen molar-refractivity contribution in [3.63, 3.8) is 0 Å². The quantitative estimate of drug-likeness (QED) is 0.795. The highest BCUT2D eigenvalue weighted by atomic mass is 19.1. The number of rotatable bonds is 7. The molecular weight excluding hydrogens is 319 g/mol. The van der Waals surface area contributed by atoms with Crippen molar-refractivity contribution in [2.45, 2.75) is 43.6 Å². The van der Waals surface area contributed by atoms with Crippen molar-refractivity contribution in [3.8, 4) is 0 Å². The fourth-order valence-corrected chi connectivity index (χ4v) is 4.44. The third-order valence-corrected chi connectivity index (χ3v) is 6.19. The second-order valence-electron chi connectivity index (χ2n) is 7.98. The minimum atomic E-state index is -0.655. The molecule has 4 nitrogen and oxygen atoms in total. The molecule has 3 fully saturated rings. The van der Waals surface area contributed by atoms with Gasteiger partial charge >= 0.3 is 0 Å². The second kappa shape index (κ2) is 6.69. The second-order valence-corrected chi connectivity index (χ2v) is 7.98. The Morgan fingerprint density at radius 1 is 1.28 bits per heavy atom. The topological polar surface area (TPSA) is 52.6 Å². The van der Waals surface area contributed by atoms with Gasteiger partial charge in [0.05, 0.1) is 5.41 Å². The maximum atomic E-state index is 14.2. The number of benzene rings is 1. The molecule has 0 unspecified atom stereocenters. The van der Waals surface area contributed by atoms with Gasteiger partial charge in [0.2, 0.25) is 5.91 Å². The summed E-state index contributed by atoms with van der Waals surface area (Å²) in [6, 6.07) is 6.84. The van der Waals surface area contributed by atoms with Crippen LogP contribution in [0.4, 0.5) is 4.39 Å². The lowest BCUT2D eigenvalue weighted by Crippen LogP contribution is -2.46. The third-order valence-electron chi connectivity index (χ3n) is 6.19. The van der Waals surface area contributed by atoms with Crippen LogP contribution in [0.1, 0.15) is 37.7 Å². The fraction of sp³-hybridized carbons (Fsp3) is 0.650. The lowest BCUT2D eigenvalue weighted by molar-refractivity contribution is -0.124. The molecule has 2 aliphatic carbocycles. The first-order chi connectivity index (χ1) is 12.1. The molecule has 25 heavy (non-hydrogen) atoms. The molecule has 1 aromatic carbocycles. The summed E-state index contributed by atoms with van der Waals surface area (Å²) in [5.41, 5.74) is -0.108. The molecule has 2 atom stereocenters. The highest BCUT2D eigenvalue weighted by Crippen LogP contribution is 2.50.